The smallest absolute Gasteiger partial charge is 0.323 e. The Balaban J connectivity index is 1.58. The van der Waals surface area contributed by atoms with Crippen molar-refractivity contribution in [3.63, 3.8) is 0 Å². The van der Waals surface area contributed by atoms with E-state index in [-0.39, 0.29) is 12.0 Å². The van der Waals surface area contributed by atoms with Crippen LogP contribution in [0.25, 0.3) is 0 Å². The standard InChI is InChI=1S/C20H37N3O2/c1-15(2)23-14-21-17-12-18(20(24)25-3)22(13-19(17)23)11-7-10-16-8-5-4-6-9-16/h15-19,21H,4-14H2,1-3H3. The van der Waals surface area contributed by atoms with Gasteiger partial charge in [0, 0.05) is 31.3 Å². The topological polar surface area (TPSA) is 44.8 Å². The molecule has 25 heavy (non-hydrogen) atoms. The third kappa shape index (κ3) is 4.55. The van der Waals surface area contributed by atoms with E-state index in [0.29, 0.717) is 18.1 Å². The van der Waals surface area contributed by atoms with Gasteiger partial charge in [0.25, 0.3) is 0 Å². The molecular weight excluding hydrogens is 314 g/mol. The molecule has 3 aliphatic rings. The van der Waals surface area contributed by atoms with Crippen molar-refractivity contribution in [1.82, 2.24) is 15.1 Å². The summed E-state index contributed by atoms with van der Waals surface area (Å²) in [6.07, 6.45) is 10.5. The molecule has 2 aliphatic heterocycles. The lowest BCUT2D eigenvalue weighted by Crippen LogP contribution is -2.59. The monoisotopic (exact) mass is 351 g/mol. The number of carbonyl (C=O) groups excluding carboxylic acids is 1. The Hall–Kier alpha value is -0.650. The second kappa shape index (κ2) is 8.83. The molecule has 0 aromatic carbocycles. The van der Waals surface area contributed by atoms with Crippen LogP contribution in [-0.4, -0.2) is 66.8 Å². The fraction of sp³-hybridized carbons (Fsp3) is 0.950. The zero-order chi connectivity index (χ0) is 17.8. The molecule has 0 bridgehead atoms. The minimum absolute atomic E-state index is 0.0547. The average Bonchev–Trinajstić information content (AvgIpc) is 3.04. The largest absolute Gasteiger partial charge is 0.468 e. The molecule has 0 radical (unpaired) electrons. The Kier molecular flexibility index (Phi) is 6.75. The van der Waals surface area contributed by atoms with Crippen LogP contribution in [0.15, 0.2) is 0 Å². The van der Waals surface area contributed by atoms with Crippen LogP contribution < -0.4 is 5.32 Å². The first-order valence-corrected chi connectivity index (χ1v) is 10.4. The van der Waals surface area contributed by atoms with Gasteiger partial charge in [0.2, 0.25) is 0 Å². The summed E-state index contributed by atoms with van der Waals surface area (Å²) in [5, 5.41) is 3.62. The molecule has 3 rings (SSSR count). The maximum atomic E-state index is 12.3. The number of piperidine rings is 1. The first kappa shape index (κ1) is 19.1. The number of ether oxygens (including phenoxy) is 1. The summed E-state index contributed by atoms with van der Waals surface area (Å²) >= 11 is 0. The highest BCUT2D eigenvalue weighted by atomic mass is 16.5. The summed E-state index contributed by atoms with van der Waals surface area (Å²) < 4.78 is 5.12. The lowest BCUT2D eigenvalue weighted by molar-refractivity contribution is -0.149. The zero-order valence-electron chi connectivity index (χ0n) is 16.4. The van der Waals surface area contributed by atoms with Crippen LogP contribution in [0, 0.1) is 5.92 Å². The maximum absolute atomic E-state index is 12.3. The van der Waals surface area contributed by atoms with Crippen molar-refractivity contribution >= 4 is 5.97 Å². The lowest BCUT2D eigenvalue weighted by atomic mass is 9.86. The lowest BCUT2D eigenvalue weighted by Gasteiger charge is -2.43. The molecular formula is C20H37N3O2. The number of nitrogens with one attached hydrogen (secondary N) is 1. The van der Waals surface area contributed by atoms with Gasteiger partial charge in [-0.3, -0.25) is 19.9 Å². The van der Waals surface area contributed by atoms with E-state index >= 15 is 0 Å². The highest BCUT2D eigenvalue weighted by Crippen LogP contribution is 2.30. The van der Waals surface area contributed by atoms with Gasteiger partial charge in [-0.25, -0.2) is 0 Å². The van der Waals surface area contributed by atoms with Crippen molar-refractivity contribution in [2.24, 2.45) is 5.92 Å². The van der Waals surface area contributed by atoms with Crippen LogP contribution in [0.4, 0.5) is 0 Å². The van der Waals surface area contributed by atoms with Crippen molar-refractivity contribution in [3.8, 4) is 0 Å². The third-order valence-electron chi connectivity index (χ3n) is 6.69. The molecule has 5 nitrogen and oxygen atoms in total. The van der Waals surface area contributed by atoms with Gasteiger partial charge in [0.1, 0.15) is 6.04 Å². The van der Waals surface area contributed by atoms with E-state index < -0.39 is 0 Å². The van der Waals surface area contributed by atoms with Crippen molar-refractivity contribution in [3.05, 3.63) is 0 Å². The van der Waals surface area contributed by atoms with Crippen molar-refractivity contribution < 1.29 is 9.53 Å². The number of fused-ring (bicyclic) bond motifs is 1. The normalized spacial score (nSPS) is 32.1. The van der Waals surface area contributed by atoms with E-state index in [2.05, 4.69) is 29.0 Å². The van der Waals surface area contributed by atoms with Crippen LogP contribution in [0.1, 0.15) is 65.2 Å². The van der Waals surface area contributed by atoms with E-state index in [4.69, 9.17) is 4.74 Å². The van der Waals surface area contributed by atoms with E-state index in [1.54, 1.807) is 0 Å². The molecule has 3 unspecified atom stereocenters. The number of nitrogens with zero attached hydrogens (tertiary/aromatic N) is 2. The molecule has 1 N–H and O–H groups in total. The number of methoxy groups -OCH3 is 1. The third-order valence-corrected chi connectivity index (χ3v) is 6.69. The summed E-state index contributed by atoms with van der Waals surface area (Å²) in [5.41, 5.74) is 0. The van der Waals surface area contributed by atoms with Gasteiger partial charge >= 0.3 is 5.97 Å². The summed E-state index contributed by atoms with van der Waals surface area (Å²) in [6.45, 7) is 7.50. The predicted octanol–water partition coefficient (Wildman–Crippen LogP) is 2.60. The van der Waals surface area contributed by atoms with Crippen molar-refractivity contribution in [2.45, 2.75) is 89.4 Å². The molecule has 3 atom stereocenters. The van der Waals surface area contributed by atoms with Gasteiger partial charge in [0.05, 0.1) is 7.11 Å². The van der Waals surface area contributed by atoms with Gasteiger partial charge in [-0.2, -0.15) is 0 Å². The first-order chi connectivity index (χ1) is 12.1. The fourth-order valence-corrected chi connectivity index (χ4v) is 5.19. The molecule has 0 amide bonds. The Bertz CT molecular complexity index is 437. The van der Waals surface area contributed by atoms with Crippen LogP contribution in [-0.2, 0) is 9.53 Å². The van der Waals surface area contributed by atoms with Gasteiger partial charge < -0.3 is 4.74 Å². The van der Waals surface area contributed by atoms with Gasteiger partial charge in [-0.1, -0.05) is 32.1 Å². The molecule has 144 valence electrons. The Labute approximate surface area is 153 Å². The van der Waals surface area contributed by atoms with Gasteiger partial charge in [-0.15, -0.1) is 0 Å². The summed E-state index contributed by atoms with van der Waals surface area (Å²) in [5.74, 6) is 0.865. The fourth-order valence-electron chi connectivity index (χ4n) is 5.19. The van der Waals surface area contributed by atoms with Crippen LogP contribution in [0.2, 0.25) is 0 Å². The summed E-state index contributed by atoms with van der Waals surface area (Å²) in [7, 11) is 1.52. The maximum Gasteiger partial charge on any atom is 0.323 e. The molecule has 1 aliphatic carbocycles. The van der Waals surface area contributed by atoms with Crippen molar-refractivity contribution in [1.29, 1.82) is 0 Å². The average molecular weight is 352 g/mol. The molecule has 2 saturated heterocycles. The zero-order valence-corrected chi connectivity index (χ0v) is 16.4. The molecule has 0 aromatic heterocycles. The van der Waals surface area contributed by atoms with E-state index in [1.165, 1.54) is 52.1 Å². The number of carbonyl (C=O) groups is 1. The Morgan fingerprint density at radius 3 is 2.68 bits per heavy atom. The van der Waals surface area contributed by atoms with Gasteiger partial charge in [-0.05, 0) is 45.6 Å². The summed E-state index contributed by atoms with van der Waals surface area (Å²) in [6, 6.07) is 1.41. The van der Waals surface area contributed by atoms with E-state index in [0.717, 1.165) is 32.1 Å². The Morgan fingerprint density at radius 1 is 1.24 bits per heavy atom. The van der Waals surface area contributed by atoms with Crippen LogP contribution >= 0.6 is 0 Å². The highest BCUT2D eigenvalue weighted by Gasteiger charge is 2.45. The minimum Gasteiger partial charge on any atom is -0.468 e. The molecule has 5 heteroatoms. The number of likely N-dealkylation sites (tertiary alicyclic amines) is 1. The van der Waals surface area contributed by atoms with E-state index in [1.807, 2.05) is 0 Å². The first-order valence-electron chi connectivity index (χ1n) is 10.4. The number of hydrogen-bond acceptors (Lipinski definition) is 5. The molecule has 3 fully saturated rings. The van der Waals surface area contributed by atoms with Gasteiger partial charge in [0.15, 0.2) is 0 Å². The molecule has 2 heterocycles. The second-order valence-electron chi connectivity index (χ2n) is 8.56. The number of esters is 1. The molecule has 0 spiro atoms. The number of hydrogen-bond donors (Lipinski definition) is 1. The second-order valence-corrected chi connectivity index (χ2v) is 8.56. The SMILES string of the molecule is COC(=O)C1CC2NCN(C(C)C)C2CN1CCCC1CCCCC1. The minimum atomic E-state index is -0.0720. The Morgan fingerprint density at radius 2 is 2.00 bits per heavy atom. The highest BCUT2D eigenvalue weighted by molar-refractivity contribution is 5.76. The van der Waals surface area contributed by atoms with Crippen LogP contribution in [0.5, 0.6) is 0 Å². The number of rotatable bonds is 6. The van der Waals surface area contributed by atoms with E-state index in [9.17, 15) is 4.79 Å². The molecule has 1 saturated carbocycles. The summed E-state index contributed by atoms with van der Waals surface area (Å²) in [4.78, 5) is 17.3. The van der Waals surface area contributed by atoms with Crippen molar-refractivity contribution in [2.75, 3.05) is 26.9 Å². The quantitative estimate of drug-likeness (QED) is 0.745. The van der Waals surface area contributed by atoms with Crippen LogP contribution in [0.3, 0.4) is 0 Å². The molecule has 0 aromatic rings. The predicted molar refractivity (Wildman–Crippen MR) is 100 cm³/mol.